The molecule has 1 aliphatic carbocycles. The molecule has 4 heteroatoms. The van der Waals surface area contributed by atoms with Gasteiger partial charge >= 0.3 is 0 Å². The number of benzene rings is 1. The highest BCUT2D eigenvalue weighted by molar-refractivity contribution is 5.85. The summed E-state index contributed by atoms with van der Waals surface area (Å²) in [6.07, 6.45) is 2.95. The third-order valence-electron chi connectivity index (χ3n) is 4.87. The molecule has 1 aromatic carbocycles. The molecule has 0 heterocycles. The van der Waals surface area contributed by atoms with Crippen molar-refractivity contribution >= 4 is 18.3 Å². The lowest BCUT2D eigenvalue weighted by atomic mass is 9.78. The summed E-state index contributed by atoms with van der Waals surface area (Å²) in [7, 11) is 0. The highest BCUT2D eigenvalue weighted by Gasteiger charge is 2.34. The van der Waals surface area contributed by atoms with Gasteiger partial charge in [-0.25, -0.2) is 0 Å². The highest BCUT2D eigenvalue weighted by atomic mass is 35.5. The van der Waals surface area contributed by atoms with E-state index in [1.807, 2.05) is 18.2 Å². The molecular weight excluding hydrogens is 284 g/mol. The zero-order valence-corrected chi connectivity index (χ0v) is 14.0. The molecule has 1 saturated carbocycles. The summed E-state index contributed by atoms with van der Waals surface area (Å²) in [4.78, 5) is 12.4. The Balaban J connectivity index is 0.00000220. The summed E-state index contributed by atoms with van der Waals surface area (Å²) < 4.78 is 0. The van der Waals surface area contributed by atoms with Crippen molar-refractivity contribution in [1.29, 1.82) is 0 Å². The Kier molecular flexibility index (Phi) is 6.24. The molecule has 0 aromatic heterocycles. The van der Waals surface area contributed by atoms with Gasteiger partial charge in [0.1, 0.15) is 0 Å². The summed E-state index contributed by atoms with van der Waals surface area (Å²) in [6.45, 7) is 6.41. The van der Waals surface area contributed by atoms with Crippen LogP contribution in [-0.4, -0.2) is 18.0 Å². The smallest absolute Gasteiger partial charge is 0.224 e. The number of halogens is 1. The third kappa shape index (κ3) is 3.98. The van der Waals surface area contributed by atoms with Crippen molar-refractivity contribution in [2.45, 2.75) is 57.5 Å². The van der Waals surface area contributed by atoms with Gasteiger partial charge in [-0.1, -0.05) is 50.6 Å². The second-order valence-electron chi connectivity index (χ2n) is 6.52. The molecule has 1 amide bonds. The lowest BCUT2D eigenvalue weighted by Crippen LogP contribution is -2.49. The van der Waals surface area contributed by atoms with E-state index in [2.05, 4.69) is 38.2 Å². The predicted octanol–water partition coefficient (Wildman–Crippen LogP) is 3.02. The van der Waals surface area contributed by atoms with Crippen LogP contribution in [0.3, 0.4) is 0 Å². The van der Waals surface area contributed by atoms with Crippen molar-refractivity contribution < 1.29 is 4.79 Å². The monoisotopic (exact) mass is 310 g/mol. The van der Waals surface area contributed by atoms with Gasteiger partial charge in [-0.05, 0) is 25.3 Å². The predicted molar refractivity (Wildman–Crippen MR) is 89.6 cm³/mol. The molecule has 3 atom stereocenters. The molecule has 0 bridgehead atoms. The van der Waals surface area contributed by atoms with E-state index in [1.165, 1.54) is 5.56 Å². The van der Waals surface area contributed by atoms with Gasteiger partial charge in [-0.2, -0.15) is 0 Å². The number of hydrogen-bond donors (Lipinski definition) is 2. The van der Waals surface area contributed by atoms with Crippen LogP contribution in [0.5, 0.6) is 0 Å². The van der Waals surface area contributed by atoms with E-state index < -0.39 is 0 Å². The fraction of sp³-hybridized carbons (Fsp3) is 0.588. The minimum atomic E-state index is -0.0976. The Hall–Kier alpha value is -1.06. The molecular formula is C17H27ClN2O. The maximum Gasteiger partial charge on any atom is 0.224 e. The number of nitrogens with two attached hydrogens (primary N) is 1. The normalized spacial score (nSPS) is 23.2. The molecule has 0 aliphatic heterocycles. The maximum atomic E-state index is 12.4. The topological polar surface area (TPSA) is 55.1 Å². The number of nitrogens with one attached hydrogen (secondary N) is 1. The van der Waals surface area contributed by atoms with E-state index in [0.29, 0.717) is 0 Å². The number of rotatable bonds is 4. The van der Waals surface area contributed by atoms with E-state index in [4.69, 9.17) is 5.73 Å². The first kappa shape index (κ1) is 18.0. The number of hydrogen-bond acceptors (Lipinski definition) is 2. The molecule has 3 N–H and O–H groups in total. The fourth-order valence-electron chi connectivity index (χ4n) is 2.93. The van der Waals surface area contributed by atoms with Crippen molar-refractivity contribution in [3.05, 3.63) is 35.9 Å². The maximum absolute atomic E-state index is 12.4. The molecule has 3 unspecified atom stereocenters. The molecule has 1 fully saturated rings. The first-order valence-electron chi connectivity index (χ1n) is 7.54. The highest BCUT2D eigenvalue weighted by Crippen LogP contribution is 2.28. The molecule has 3 nitrogen and oxygen atoms in total. The van der Waals surface area contributed by atoms with Crippen molar-refractivity contribution in [2.24, 2.45) is 11.7 Å². The molecule has 1 aromatic rings. The van der Waals surface area contributed by atoms with Crippen LogP contribution in [0, 0.1) is 5.92 Å². The molecule has 21 heavy (non-hydrogen) atoms. The van der Waals surface area contributed by atoms with Gasteiger partial charge in [0.05, 0.1) is 5.92 Å². The van der Waals surface area contributed by atoms with E-state index in [-0.39, 0.29) is 41.7 Å². The van der Waals surface area contributed by atoms with Crippen LogP contribution in [0.4, 0.5) is 0 Å². The molecule has 0 radical (unpaired) electrons. The lowest BCUT2D eigenvalue weighted by molar-refractivity contribution is -0.126. The van der Waals surface area contributed by atoms with E-state index in [1.54, 1.807) is 0 Å². The quantitative estimate of drug-likeness (QED) is 0.898. The van der Waals surface area contributed by atoms with Crippen molar-refractivity contribution in [2.75, 3.05) is 0 Å². The van der Waals surface area contributed by atoms with Gasteiger partial charge in [0.2, 0.25) is 5.91 Å². The van der Waals surface area contributed by atoms with Crippen LogP contribution in [0.2, 0.25) is 0 Å². The summed E-state index contributed by atoms with van der Waals surface area (Å²) in [6, 6.07) is 10.4. The Morgan fingerprint density at radius 3 is 2.43 bits per heavy atom. The van der Waals surface area contributed by atoms with Gasteiger partial charge in [0, 0.05) is 17.5 Å². The zero-order chi connectivity index (χ0) is 14.8. The molecule has 1 aliphatic rings. The van der Waals surface area contributed by atoms with Gasteiger partial charge in [0.25, 0.3) is 0 Å². The molecule has 2 rings (SSSR count). The SMILES string of the molecule is CC(NC(=O)C1CCCC1N)C(C)(C)c1ccccc1.Cl. The zero-order valence-electron chi connectivity index (χ0n) is 13.1. The Labute approximate surface area is 134 Å². The van der Waals surface area contributed by atoms with Crippen LogP contribution in [-0.2, 0) is 10.2 Å². The van der Waals surface area contributed by atoms with Gasteiger partial charge in [-0.3, -0.25) is 4.79 Å². The Morgan fingerprint density at radius 2 is 1.90 bits per heavy atom. The lowest BCUT2D eigenvalue weighted by Gasteiger charge is -2.34. The number of amides is 1. The molecule has 0 saturated heterocycles. The van der Waals surface area contributed by atoms with Crippen LogP contribution in [0.25, 0.3) is 0 Å². The summed E-state index contributed by atoms with van der Waals surface area (Å²) in [5.41, 5.74) is 7.16. The van der Waals surface area contributed by atoms with Gasteiger partial charge in [-0.15, -0.1) is 12.4 Å². The fourth-order valence-corrected chi connectivity index (χ4v) is 2.93. The van der Waals surface area contributed by atoms with E-state index >= 15 is 0 Å². The number of carbonyl (C=O) groups excluding carboxylic acids is 1. The Morgan fingerprint density at radius 1 is 1.29 bits per heavy atom. The Bertz CT molecular complexity index is 461. The van der Waals surface area contributed by atoms with E-state index in [0.717, 1.165) is 19.3 Å². The van der Waals surface area contributed by atoms with Crippen molar-refractivity contribution in [3.63, 3.8) is 0 Å². The minimum absolute atomic E-state index is 0. The average Bonchev–Trinajstić information content (AvgIpc) is 2.86. The summed E-state index contributed by atoms with van der Waals surface area (Å²) in [5.74, 6) is 0.107. The second kappa shape index (κ2) is 7.28. The van der Waals surface area contributed by atoms with Crippen LogP contribution < -0.4 is 11.1 Å². The van der Waals surface area contributed by atoms with Crippen LogP contribution in [0.15, 0.2) is 30.3 Å². The van der Waals surface area contributed by atoms with E-state index in [9.17, 15) is 4.79 Å². The third-order valence-corrected chi connectivity index (χ3v) is 4.87. The number of carbonyl (C=O) groups is 1. The summed E-state index contributed by atoms with van der Waals surface area (Å²) >= 11 is 0. The van der Waals surface area contributed by atoms with Crippen molar-refractivity contribution in [1.82, 2.24) is 5.32 Å². The van der Waals surface area contributed by atoms with Gasteiger partial charge < -0.3 is 11.1 Å². The first-order chi connectivity index (χ1) is 9.43. The second-order valence-corrected chi connectivity index (χ2v) is 6.52. The standard InChI is InChI=1S/C17H26N2O.ClH/c1-12(17(2,3)13-8-5-4-6-9-13)19-16(20)14-10-7-11-15(14)18;/h4-6,8-9,12,14-15H,7,10-11,18H2,1-3H3,(H,19,20);1H. The minimum Gasteiger partial charge on any atom is -0.352 e. The molecule has 118 valence electrons. The van der Waals surface area contributed by atoms with Crippen LogP contribution in [0.1, 0.15) is 45.6 Å². The van der Waals surface area contributed by atoms with Crippen molar-refractivity contribution in [3.8, 4) is 0 Å². The van der Waals surface area contributed by atoms with Gasteiger partial charge in [0.15, 0.2) is 0 Å². The largest absolute Gasteiger partial charge is 0.352 e. The molecule has 0 spiro atoms. The first-order valence-corrected chi connectivity index (χ1v) is 7.54. The summed E-state index contributed by atoms with van der Waals surface area (Å²) in [5, 5.41) is 3.17. The average molecular weight is 311 g/mol. The van der Waals surface area contributed by atoms with Crippen LogP contribution >= 0.6 is 12.4 Å².